The maximum absolute atomic E-state index is 14.2. The molecule has 0 radical (unpaired) electrons. The fraction of sp³-hybridized carbons (Fsp3) is 0.286. The number of likely N-dealkylation sites (tertiary alicyclic amines) is 1. The van der Waals surface area contributed by atoms with Gasteiger partial charge >= 0.3 is 0 Å². The number of anilines is 4. The topological polar surface area (TPSA) is 85.0 Å². The van der Waals surface area contributed by atoms with Crippen LogP contribution in [0.25, 0.3) is 0 Å². The third-order valence-electron chi connectivity index (χ3n) is 8.07. The average molecular weight is 612 g/mol. The number of nitrogens with zero attached hydrogens (tertiary/aromatic N) is 3. The van der Waals surface area contributed by atoms with Crippen LogP contribution in [0, 0.1) is 0 Å². The van der Waals surface area contributed by atoms with Crippen molar-refractivity contribution in [2.45, 2.75) is 24.2 Å². The first-order valence-corrected chi connectivity index (χ1v) is 16.6. The highest BCUT2D eigenvalue weighted by molar-refractivity contribution is 7.93. The van der Waals surface area contributed by atoms with Gasteiger partial charge in [0.1, 0.15) is 4.90 Å². The molecule has 1 amide bonds. The Bertz CT molecular complexity index is 1630. The van der Waals surface area contributed by atoms with Gasteiger partial charge in [0.25, 0.3) is 15.9 Å². The molecule has 4 aromatic rings. The Labute approximate surface area is 261 Å². The van der Waals surface area contributed by atoms with Gasteiger partial charge in [0.15, 0.2) is 0 Å². The molecule has 0 aliphatic carbocycles. The zero-order chi connectivity index (χ0) is 30.9. The molecule has 44 heavy (non-hydrogen) atoms. The molecule has 0 aromatic heterocycles. The van der Waals surface area contributed by atoms with Gasteiger partial charge in [-0.1, -0.05) is 66.7 Å². The van der Waals surface area contributed by atoms with Gasteiger partial charge in [-0.05, 0) is 74.3 Å². The fourth-order valence-electron chi connectivity index (χ4n) is 5.47. The summed E-state index contributed by atoms with van der Waals surface area (Å²) in [5.74, 6) is -0.297. The highest BCUT2D eigenvalue weighted by atomic mass is 32.2. The molecule has 0 saturated carbocycles. The van der Waals surface area contributed by atoms with Gasteiger partial charge in [0.2, 0.25) is 0 Å². The molecule has 1 heterocycles. The molecule has 0 bridgehead atoms. The van der Waals surface area contributed by atoms with Crippen molar-refractivity contribution in [1.29, 1.82) is 0 Å². The summed E-state index contributed by atoms with van der Waals surface area (Å²) in [5, 5.41) is 6.87. The van der Waals surface area contributed by atoms with E-state index in [0.717, 1.165) is 30.9 Å². The van der Waals surface area contributed by atoms with Gasteiger partial charge < -0.3 is 20.4 Å². The lowest BCUT2D eigenvalue weighted by Crippen LogP contribution is -2.31. The lowest BCUT2D eigenvalue weighted by molar-refractivity contribution is 0.0993. The molecular formula is C35H41N5O3S. The van der Waals surface area contributed by atoms with Crippen molar-refractivity contribution in [3.8, 4) is 0 Å². The van der Waals surface area contributed by atoms with Crippen LogP contribution in [-0.4, -0.2) is 66.0 Å². The normalized spacial score (nSPS) is 13.4. The third kappa shape index (κ3) is 7.41. The predicted molar refractivity (Wildman–Crippen MR) is 180 cm³/mol. The van der Waals surface area contributed by atoms with Gasteiger partial charge in [-0.15, -0.1) is 0 Å². The molecule has 1 fully saturated rings. The van der Waals surface area contributed by atoms with Crippen molar-refractivity contribution in [2.24, 2.45) is 0 Å². The molecule has 1 aliphatic heterocycles. The number of carbonyl (C=O) groups is 1. The second-order valence-electron chi connectivity index (χ2n) is 11.0. The smallest absolute Gasteiger partial charge is 0.266 e. The summed E-state index contributed by atoms with van der Waals surface area (Å²) < 4.78 is 29.7. The minimum Gasteiger partial charge on any atom is -0.384 e. The number of para-hydroxylation sites is 2. The van der Waals surface area contributed by atoms with E-state index in [-0.39, 0.29) is 10.8 Å². The number of benzene rings is 4. The number of nitrogens with one attached hydrogen (secondary N) is 2. The summed E-state index contributed by atoms with van der Waals surface area (Å²) in [6.07, 6.45) is 3.11. The lowest BCUT2D eigenvalue weighted by atomic mass is 10.1. The van der Waals surface area contributed by atoms with Crippen molar-refractivity contribution in [3.63, 3.8) is 0 Å². The highest BCUT2D eigenvalue weighted by Crippen LogP contribution is 2.34. The first-order chi connectivity index (χ1) is 21.3. The SMILES string of the molecule is CN(C(=O)c1cc(S(=O)(=O)N(C)c2ccccc2)c(NCCc2ccccc2)cc1NCCN1CCCC1)c1ccccc1. The van der Waals surface area contributed by atoms with Crippen LogP contribution in [0.1, 0.15) is 28.8 Å². The predicted octanol–water partition coefficient (Wildman–Crippen LogP) is 5.95. The van der Waals surface area contributed by atoms with E-state index in [1.807, 2.05) is 54.6 Å². The molecule has 2 N–H and O–H groups in total. The average Bonchev–Trinajstić information content (AvgIpc) is 3.58. The Kier molecular flexibility index (Phi) is 10.2. The zero-order valence-corrected chi connectivity index (χ0v) is 26.3. The van der Waals surface area contributed by atoms with Gasteiger partial charge in [-0.3, -0.25) is 9.10 Å². The maximum Gasteiger partial charge on any atom is 0.266 e. The lowest BCUT2D eigenvalue weighted by Gasteiger charge is -2.25. The van der Waals surface area contributed by atoms with Crippen molar-refractivity contribution in [1.82, 2.24) is 4.90 Å². The maximum atomic E-state index is 14.2. The molecule has 9 heteroatoms. The molecule has 230 valence electrons. The largest absolute Gasteiger partial charge is 0.384 e. The molecule has 4 aromatic carbocycles. The first-order valence-electron chi connectivity index (χ1n) is 15.1. The zero-order valence-electron chi connectivity index (χ0n) is 25.4. The van der Waals surface area contributed by atoms with Crippen LogP contribution in [0.4, 0.5) is 22.7 Å². The van der Waals surface area contributed by atoms with Crippen molar-refractivity contribution < 1.29 is 13.2 Å². The van der Waals surface area contributed by atoms with Crippen LogP contribution >= 0.6 is 0 Å². The van der Waals surface area contributed by atoms with Crippen molar-refractivity contribution in [3.05, 3.63) is 114 Å². The van der Waals surface area contributed by atoms with E-state index in [4.69, 9.17) is 0 Å². The Morgan fingerprint density at radius 3 is 1.95 bits per heavy atom. The standard InChI is InChI=1S/C35H41N5O3S/c1-38(29-16-8-4-9-17-29)35(41)31-26-34(44(42,43)39(2)30-18-10-5-11-19-30)33(36-21-20-28-14-6-3-7-15-28)27-32(31)37-22-25-40-23-12-13-24-40/h3-11,14-19,26-27,36-37H,12-13,20-25H2,1-2H3. The van der Waals surface area contributed by atoms with Crippen LogP contribution in [0.15, 0.2) is 108 Å². The summed E-state index contributed by atoms with van der Waals surface area (Å²) in [7, 11) is -0.800. The Morgan fingerprint density at radius 1 is 0.750 bits per heavy atom. The van der Waals surface area contributed by atoms with Crippen LogP contribution in [-0.2, 0) is 16.4 Å². The quantitative estimate of drug-likeness (QED) is 0.194. The van der Waals surface area contributed by atoms with Gasteiger partial charge in [-0.2, -0.15) is 0 Å². The monoisotopic (exact) mass is 611 g/mol. The van der Waals surface area contributed by atoms with E-state index >= 15 is 0 Å². The summed E-state index contributed by atoms with van der Waals surface area (Å²) >= 11 is 0. The number of carbonyl (C=O) groups excluding carboxylic acids is 1. The van der Waals surface area contributed by atoms with E-state index in [1.165, 1.54) is 30.3 Å². The van der Waals surface area contributed by atoms with Crippen molar-refractivity contribution >= 4 is 38.7 Å². The Morgan fingerprint density at radius 2 is 1.32 bits per heavy atom. The molecule has 1 saturated heterocycles. The Balaban J connectivity index is 1.55. The molecular weight excluding hydrogens is 570 g/mol. The molecule has 8 nitrogen and oxygen atoms in total. The second-order valence-corrected chi connectivity index (χ2v) is 13.0. The van der Waals surface area contributed by atoms with E-state index in [1.54, 1.807) is 42.3 Å². The number of rotatable bonds is 13. The van der Waals surface area contributed by atoms with Gasteiger partial charge in [0, 0.05) is 45.1 Å². The van der Waals surface area contributed by atoms with E-state index < -0.39 is 10.0 Å². The van der Waals surface area contributed by atoms with E-state index in [9.17, 15) is 13.2 Å². The van der Waals surface area contributed by atoms with Crippen molar-refractivity contribution in [2.75, 3.05) is 66.7 Å². The minimum absolute atomic E-state index is 0.0480. The fourth-order valence-corrected chi connectivity index (χ4v) is 6.84. The number of amides is 1. The Hall–Kier alpha value is -4.34. The van der Waals surface area contributed by atoms with Crippen LogP contribution in [0.3, 0.4) is 0 Å². The summed E-state index contributed by atoms with van der Waals surface area (Å²) in [4.78, 5) is 18.1. The summed E-state index contributed by atoms with van der Waals surface area (Å²) in [6, 6.07) is 31.7. The molecule has 5 rings (SSSR count). The van der Waals surface area contributed by atoms with E-state index in [2.05, 4.69) is 27.7 Å². The molecule has 1 aliphatic rings. The van der Waals surface area contributed by atoms with Crippen LogP contribution < -0.4 is 19.8 Å². The number of sulfonamides is 1. The first kappa shape index (κ1) is 31.1. The third-order valence-corrected chi connectivity index (χ3v) is 9.90. The molecule has 0 atom stereocenters. The molecule has 0 unspecified atom stereocenters. The van der Waals surface area contributed by atoms with Gasteiger partial charge in [0.05, 0.1) is 16.9 Å². The van der Waals surface area contributed by atoms with Gasteiger partial charge in [-0.25, -0.2) is 8.42 Å². The van der Waals surface area contributed by atoms with E-state index in [0.29, 0.717) is 42.1 Å². The van der Waals surface area contributed by atoms with Crippen LogP contribution in [0.5, 0.6) is 0 Å². The highest BCUT2D eigenvalue weighted by Gasteiger charge is 2.29. The minimum atomic E-state index is -4.05. The number of hydrogen-bond acceptors (Lipinski definition) is 6. The number of hydrogen-bond donors (Lipinski definition) is 2. The van der Waals surface area contributed by atoms with Crippen LogP contribution in [0.2, 0.25) is 0 Å². The molecule has 0 spiro atoms. The second kappa shape index (κ2) is 14.4. The summed E-state index contributed by atoms with van der Waals surface area (Å²) in [5.41, 5.74) is 3.74. The summed E-state index contributed by atoms with van der Waals surface area (Å²) in [6.45, 7) is 4.13.